The fraction of sp³-hybridized carbons (Fsp3) is 0.455. The van der Waals surface area contributed by atoms with Gasteiger partial charge in [-0.15, -0.1) is 5.56 Å². The number of aryl methyl sites for hydroxylation is 2. The fourth-order valence-corrected chi connectivity index (χ4v) is 1.71. The van der Waals surface area contributed by atoms with Crippen LogP contribution in [0.2, 0.25) is 0 Å². The van der Waals surface area contributed by atoms with Crippen LogP contribution in [0.25, 0.3) is 0 Å². The van der Waals surface area contributed by atoms with Crippen LogP contribution in [0.4, 0.5) is 5.69 Å². The van der Waals surface area contributed by atoms with E-state index in [1.165, 1.54) is 29.7 Å². The van der Waals surface area contributed by atoms with E-state index in [1.807, 2.05) is 0 Å². The standard InChI is InChI=1S/C11H14N.Y/c1-8-3-6-11-10(7-8)5-4-9(2)12-11;/h6-7,9,12H,4-5H2,1-2H3;/q-1;. The van der Waals surface area contributed by atoms with E-state index in [0.29, 0.717) is 6.04 Å². The van der Waals surface area contributed by atoms with Crippen molar-refractivity contribution in [2.24, 2.45) is 0 Å². The predicted octanol–water partition coefficient (Wildman–Crippen LogP) is 2.54. The number of benzene rings is 1. The Kier molecular flexibility index (Phi) is 3.93. The molecule has 0 spiro atoms. The van der Waals surface area contributed by atoms with Gasteiger partial charge < -0.3 is 5.32 Å². The van der Waals surface area contributed by atoms with Crippen LogP contribution in [-0.4, -0.2) is 6.04 Å². The van der Waals surface area contributed by atoms with Crippen molar-refractivity contribution in [2.75, 3.05) is 5.32 Å². The normalized spacial score (nSPS) is 19.7. The molecule has 13 heavy (non-hydrogen) atoms. The summed E-state index contributed by atoms with van der Waals surface area (Å²) in [5.41, 5.74) is 3.97. The number of fused-ring (bicyclic) bond motifs is 1. The van der Waals surface area contributed by atoms with E-state index in [-0.39, 0.29) is 32.7 Å². The van der Waals surface area contributed by atoms with Gasteiger partial charge in [-0.25, -0.2) is 0 Å². The Morgan fingerprint density at radius 2 is 2.31 bits per heavy atom. The molecule has 0 fully saturated rings. The summed E-state index contributed by atoms with van der Waals surface area (Å²) < 4.78 is 0. The molecule has 2 heteroatoms. The number of nitrogens with one attached hydrogen (secondary N) is 1. The Morgan fingerprint density at radius 3 is 3.08 bits per heavy atom. The van der Waals surface area contributed by atoms with Crippen molar-refractivity contribution in [2.45, 2.75) is 32.7 Å². The quantitative estimate of drug-likeness (QED) is 0.697. The summed E-state index contributed by atoms with van der Waals surface area (Å²) in [4.78, 5) is 0. The summed E-state index contributed by atoms with van der Waals surface area (Å²) in [5.74, 6) is 0. The Labute approximate surface area is 105 Å². The van der Waals surface area contributed by atoms with Crippen molar-refractivity contribution in [1.82, 2.24) is 0 Å². The fourth-order valence-electron chi connectivity index (χ4n) is 1.71. The Balaban J connectivity index is 0.000000845. The molecule has 1 nitrogen and oxygen atoms in total. The molecule has 1 aromatic rings. The van der Waals surface area contributed by atoms with Crippen LogP contribution in [0.5, 0.6) is 0 Å². The molecule has 1 aromatic carbocycles. The van der Waals surface area contributed by atoms with E-state index in [1.54, 1.807) is 0 Å². The minimum Gasteiger partial charge on any atom is -0.434 e. The third-order valence-corrected chi connectivity index (χ3v) is 2.43. The summed E-state index contributed by atoms with van der Waals surface area (Å²) in [6.07, 6.45) is 2.45. The van der Waals surface area contributed by atoms with E-state index < -0.39 is 0 Å². The van der Waals surface area contributed by atoms with Gasteiger partial charge in [-0.1, -0.05) is 12.6 Å². The van der Waals surface area contributed by atoms with Crippen molar-refractivity contribution < 1.29 is 32.7 Å². The first kappa shape index (κ1) is 11.2. The van der Waals surface area contributed by atoms with Gasteiger partial charge in [0.25, 0.3) is 0 Å². The zero-order valence-corrected chi connectivity index (χ0v) is 11.1. The van der Waals surface area contributed by atoms with Gasteiger partial charge in [0.1, 0.15) is 0 Å². The molecule has 1 heterocycles. The van der Waals surface area contributed by atoms with Gasteiger partial charge in [0.15, 0.2) is 0 Å². The molecular formula is C11H14NY-. The molecule has 0 saturated carbocycles. The molecule has 0 amide bonds. The molecule has 0 aromatic heterocycles. The first-order valence-corrected chi connectivity index (χ1v) is 4.53. The van der Waals surface area contributed by atoms with Crippen LogP contribution >= 0.6 is 0 Å². The third kappa shape index (κ3) is 2.54. The first-order valence-electron chi connectivity index (χ1n) is 4.53. The number of anilines is 1. The second-order valence-electron chi connectivity index (χ2n) is 3.64. The summed E-state index contributed by atoms with van der Waals surface area (Å²) in [6.45, 7) is 4.32. The maximum Gasteiger partial charge on any atom is 0.0123 e. The van der Waals surface area contributed by atoms with E-state index in [9.17, 15) is 0 Å². The number of hydrogen-bond acceptors (Lipinski definition) is 1. The molecule has 1 aliphatic heterocycles. The Hall–Kier alpha value is 0.124. The average molecular weight is 249 g/mol. The predicted molar refractivity (Wildman–Crippen MR) is 51.4 cm³/mol. The molecular weight excluding hydrogens is 235 g/mol. The molecule has 0 aliphatic carbocycles. The summed E-state index contributed by atoms with van der Waals surface area (Å²) in [5, 5.41) is 3.46. The summed E-state index contributed by atoms with van der Waals surface area (Å²) >= 11 is 0. The van der Waals surface area contributed by atoms with Crippen LogP contribution in [0.3, 0.4) is 0 Å². The molecule has 1 radical (unpaired) electrons. The van der Waals surface area contributed by atoms with Crippen LogP contribution in [0.15, 0.2) is 12.1 Å². The second-order valence-corrected chi connectivity index (χ2v) is 3.64. The SMILES string of the molecule is Cc1[c-]cc2c(c1)CCC(C)N2.[Y]. The molecule has 1 N–H and O–H groups in total. The largest absolute Gasteiger partial charge is 0.434 e. The molecule has 0 saturated heterocycles. The van der Waals surface area contributed by atoms with E-state index in [4.69, 9.17) is 0 Å². The molecule has 1 unspecified atom stereocenters. The van der Waals surface area contributed by atoms with Crippen LogP contribution in [0, 0.1) is 13.0 Å². The number of rotatable bonds is 0. The van der Waals surface area contributed by atoms with Crippen molar-refractivity contribution in [1.29, 1.82) is 0 Å². The van der Waals surface area contributed by atoms with Gasteiger partial charge in [0.05, 0.1) is 0 Å². The molecule has 1 aliphatic rings. The van der Waals surface area contributed by atoms with Crippen molar-refractivity contribution in [3.05, 3.63) is 29.3 Å². The van der Waals surface area contributed by atoms with Gasteiger partial charge in [-0.05, 0) is 19.8 Å². The average Bonchev–Trinajstić information content (AvgIpc) is 2.05. The van der Waals surface area contributed by atoms with Crippen molar-refractivity contribution >= 4 is 5.69 Å². The van der Waals surface area contributed by atoms with Gasteiger partial charge in [0.2, 0.25) is 0 Å². The topological polar surface area (TPSA) is 12.0 Å². The van der Waals surface area contributed by atoms with Crippen LogP contribution in [-0.2, 0) is 39.1 Å². The minimum atomic E-state index is 0. The summed E-state index contributed by atoms with van der Waals surface area (Å²) in [7, 11) is 0. The smallest absolute Gasteiger partial charge is 0.0123 e. The summed E-state index contributed by atoms with van der Waals surface area (Å²) in [6, 6.07) is 8.14. The van der Waals surface area contributed by atoms with Gasteiger partial charge in [-0.3, -0.25) is 0 Å². The monoisotopic (exact) mass is 249 g/mol. The van der Waals surface area contributed by atoms with Crippen molar-refractivity contribution in [3.8, 4) is 0 Å². The molecule has 67 valence electrons. The van der Waals surface area contributed by atoms with Gasteiger partial charge >= 0.3 is 0 Å². The number of hydrogen-bond donors (Lipinski definition) is 1. The minimum absolute atomic E-state index is 0. The van der Waals surface area contributed by atoms with Crippen LogP contribution in [0.1, 0.15) is 24.5 Å². The Bertz CT molecular complexity index is 296. The van der Waals surface area contributed by atoms with E-state index >= 15 is 0 Å². The maximum absolute atomic E-state index is 3.46. The van der Waals surface area contributed by atoms with E-state index in [2.05, 4.69) is 37.4 Å². The third-order valence-electron chi connectivity index (χ3n) is 2.43. The second kappa shape index (κ2) is 4.57. The molecule has 0 bridgehead atoms. The Morgan fingerprint density at radius 1 is 1.54 bits per heavy atom. The zero-order chi connectivity index (χ0) is 8.55. The van der Waals surface area contributed by atoms with E-state index in [0.717, 1.165) is 0 Å². The van der Waals surface area contributed by atoms with Gasteiger partial charge in [0, 0.05) is 38.8 Å². The maximum atomic E-state index is 3.46. The first-order chi connectivity index (χ1) is 5.75. The molecule has 1 atom stereocenters. The zero-order valence-electron chi connectivity index (χ0n) is 8.22. The molecule has 2 rings (SSSR count). The van der Waals surface area contributed by atoms with Crippen LogP contribution < -0.4 is 5.32 Å². The van der Waals surface area contributed by atoms with Crippen molar-refractivity contribution in [3.63, 3.8) is 0 Å². The van der Waals surface area contributed by atoms with Gasteiger partial charge in [-0.2, -0.15) is 23.8 Å².